The van der Waals surface area contributed by atoms with E-state index in [1.165, 1.54) is 27.6 Å². The largest absolute Gasteiger partial charge is 0.349 e. The van der Waals surface area contributed by atoms with Gasteiger partial charge in [0.1, 0.15) is 0 Å². The maximum absolute atomic E-state index is 13.3. The Kier molecular flexibility index (Phi) is 5.80. The van der Waals surface area contributed by atoms with Gasteiger partial charge in [-0.15, -0.1) is 0 Å². The third-order valence-electron chi connectivity index (χ3n) is 6.77. The molecular formula is C25H27N3O4S. The zero-order chi connectivity index (χ0) is 23.0. The molecule has 172 valence electrons. The molecule has 2 N–H and O–H groups in total. The second-order valence-corrected chi connectivity index (χ2v) is 10.9. The monoisotopic (exact) mass is 465 g/mol. The number of piperidine rings is 1. The number of hydrogen-bond donors (Lipinski definition) is 2. The number of carbonyl (C=O) groups is 1. The van der Waals surface area contributed by atoms with Crippen LogP contribution in [0.3, 0.4) is 0 Å². The van der Waals surface area contributed by atoms with E-state index in [2.05, 4.69) is 22.4 Å². The zero-order valence-corrected chi connectivity index (χ0v) is 19.1. The number of aromatic amines is 1. The highest BCUT2D eigenvalue weighted by Gasteiger charge is 2.34. The maximum atomic E-state index is 13.3. The van der Waals surface area contributed by atoms with Crippen molar-refractivity contribution in [1.82, 2.24) is 14.6 Å². The minimum absolute atomic E-state index is 0.0166. The molecule has 8 heteroatoms. The normalized spacial score (nSPS) is 21.5. The van der Waals surface area contributed by atoms with Crippen LogP contribution >= 0.6 is 0 Å². The van der Waals surface area contributed by atoms with Crippen molar-refractivity contribution in [1.29, 1.82) is 0 Å². The maximum Gasteiger partial charge on any atom is 0.248 e. The van der Waals surface area contributed by atoms with Crippen LogP contribution < -0.4 is 10.9 Å². The first-order valence-corrected chi connectivity index (χ1v) is 12.9. The average molecular weight is 466 g/mol. The molecule has 33 heavy (non-hydrogen) atoms. The number of amides is 1. The van der Waals surface area contributed by atoms with E-state index in [0.717, 1.165) is 19.3 Å². The minimum atomic E-state index is -3.75. The molecule has 2 aromatic carbocycles. The van der Waals surface area contributed by atoms with Gasteiger partial charge in [-0.3, -0.25) is 9.59 Å². The van der Waals surface area contributed by atoms with Gasteiger partial charge < -0.3 is 10.3 Å². The van der Waals surface area contributed by atoms with Crippen molar-refractivity contribution >= 4 is 26.8 Å². The van der Waals surface area contributed by atoms with Gasteiger partial charge in [-0.05, 0) is 72.9 Å². The van der Waals surface area contributed by atoms with Crippen LogP contribution in [0.4, 0.5) is 0 Å². The van der Waals surface area contributed by atoms with E-state index in [1.807, 2.05) is 12.1 Å². The smallest absolute Gasteiger partial charge is 0.248 e. The first-order valence-electron chi connectivity index (χ1n) is 11.4. The van der Waals surface area contributed by atoms with Gasteiger partial charge in [0.15, 0.2) is 0 Å². The van der Waals surface area contributed by atoms with Crippen LogP contribution in [-0.2, 0) is 21.2 Å². The first kappa shape index (κ1) is 21.9. The second-order valence-electron chi connectivity index (χ2n) is 8.93. The molecule has 0 radical (unpaired) electrons. The summed E-state index contributed by atoms with van der Waals surface area (Å²) < 4.78 is 28.1. The van der Waals surface area contributed by atoms with Crippen molar-refractivity contribution < 1.29 is 13.2 Å². The zero-order valence-electron chi connectivity index (χ0n) is 18.3. The van der Waals surface area contributed by atoms with Crippen LogP contribution in [0.1, 0.15) is 42.9 Å². The summed E-state index contributed by atoms with van der Waals surface area (Å²) in [6.07, 6.45) is 4.26. The van der Waals surface area contributed by atoms with Gasteiger partial charge in [-0.1, -0.05) is 24.3 Å². The Hall–Kier alpha value is -2.97. The first-order chi connectivity index (χ1) is 15.9. The van der Waals surface area contributed by atoms with Crippen LogP contribution in [0.25, 0.3) is 10.9 Å². The summed E-state index contributed by atoms with van der Waals surface area (Å²) in [5, 5.41) is 3.84. The Labute approximate surface area is 192 Å². The summed E-state index contributed by atoms with van der Waals surface area (Å²) in [5.41, 5.74) is 2.81. The highest BCUT2D eigenvalue weighted by Crippen LogP contribution is 2.31. The Balaban J connectivity index is 1.33. The van der Waals surface area contributed by atoms with Crippen LogP contribution in [0.2, 0.25) is 0 Å². The van der Waals surface area contributed by atoms with Crippen LogP contribution in [0, 0.1) is 5.92 Å². The van der Waals surface area contributed by atoms with E-state index in [4.69, 9.17) is 0 Å². The lowest BCUT2D eigenvalue weighted by atomic mass is 9.87. The number of aryl methyl sites for hydroxylation is 1. The number of benzene rings is 2. The predicted octanol–water partition coefficient (Wildman–Crippen LogP) is 3.12. The summed E-state index contributed by atoms with van der Waals surface area (Å²) in [5.74, 6) is -0.452. The molecule has 1 saturated heterocycles. The Morgan fingerprint density at radius 2 is 1.88 bits per heavy atom. The van der Waals surface area contributed by atoms with Gasteiger partial charge >= 0.3 is 0 Å². The molecule has 1 aliphatic carbocycles. The molecule has 0 saturated carbocycles. The van der Waals surface area contributed by atoms with Gasteiger partial charge in [0.2, 0.25) is 21.5 Å². The lowest BCUT2D eigenvalue weighted by Gasteiger charge is -2.33. The van der Waals surface area contributed by atoms with E-state index in [-0.39, 0.29) is 34.9 Å². The van der Waals surface area contributed by atoms with Crippen molar-refractivity contribution in [3.63, 3.8) is 0 Å². The highest BCUT2D eigenvalue weighted by molar-refractivity contribution is 7.89. The third kappa shape index (κ3) is 4.32. The molecule has 0 spiro atoms. The van der Waals surface area contributed by atoms with Crippen molar-refractivity contribution in [3.8, 4) is 0 Å². The molecule has 2 heterocycles. The lowest BCUT2D eigenvalue weighted by Crippen LogP contribution is -2.46. The number of aromatic nitrogens is 1. The molecule has 5 rings (SSSR count). The fourth-order valence-corrected chi connectivity index (χ4v) is 6.57. The van der Waals surface area contributed by atoms with Gasteiger partial charge in [-0.25, -0.2) is 8.42 Å². The summed E-state index contributed by atoms with van der Waals surface area (Å²) in [6.45, 7) is 0.564. The predicted molar refractivity (Wildman–Crippen MR) is 126 cm³/mol. The number of hydrogen-bond acceptors (Lipinski definition) is 4. The van der Waals surface area contributed by atoms with Gasteiger partial charge in [-0.2, -0.15) is 4.31 Å². The van der Waals surface area contributed by atoms with E-state index >= 15 is 0 Å². The van der Waals surface area contributed by atoms with E-state index in [9.17, 15) is 18.0 Å². The van der Waals surface area contributed by atoms with E-state index in [0.29, 0.717) is 30.3 Å². The number of nitrogens with one attached hydrogen (secondary N) is 2. The fourth-order valence-electron chi connectivity index (χ4n) is 5.01. The average Bonchev–Trinajstić information content (AvgIpc) is 2.84. The van der Waals surface area contributed by atoms with Crippen molar-refractivity contribution in [2.75, 3.05) is 13.1 Å². The Morgan fingerprint density at radius 1 is 1.03 bits per heavy atom. The highest BCUT2D eigenvalue weighted by atomic mass is 32.2. The number of H-pyrrole nitrogens is 1. The summed E-state index contributed by atoms with van der Waals surface area (Å²) in [4.78, 5) is 27.5. The van der Waals surface area contributed by atoms with Gasteiger partial charge in [0.05, 0.1) is 16.9 Å². The SMILES string of the molecule is O=C(N[C@H]1CCCc2ccccc21)[C@@H]1CCCN(S(=O)(=O)c2ccc3[nH]c(=O)ccc3c2)C1. The minimum Gasteiger partial charge on any atom is -0.349 e. The van der Waals surface area contributed by atoms with Gasteiger partial charge in [0.25, 0.3) is 0 Å². The Morgan fingerprint density at radius 3 is 2.76 bits per heavy atom. The molecule has 0 unspecified atom stereocenters. The van der Waals surface area contributed by atoms with Crippen LogP contribution in [-0.4, -0.2) is 36.7 Å². The molecule has 0 bridgehead atoms. The van der Waals surface area contributed by atoms with E-state index in [1.54, 1.807) is 18.2 Å². The summed E-state index contributed by atoms with van der Waals surface area (Å²) in [7, 11) is -3.75. The lowest BCUT2D eigenvalue weighted by molar-refractivity contribution is -0.127. The molecule has 1 amide bonds. The van der Waals surface area contributed by atoms with Crippen LogP contribution in [0.15, 0.2) is 64.3 Å². The Bertz CT molecular complexity index is 1370. The quantitative estimate of drug-likeness (QED) is 0.618. The number of sulfonamides is 1. The molecule has 1 aliphatic heterocycles. The number of fused-ring (bicyclic) bond motifs is 2. The molecule has 2 aliphatic rings. The second kappa shape index (κ2) is 8.76. The number of carbonyl (C=O) groups excluding carboxylic acids is 1. The van der Waals surface area contributed by atoms with Crippen molar-refractivity contribution in [3.05, 3.63) is 76.1 Å². The molecule has 7 nitrogen and oxygen atoms in total. The fraction of sp³-hybridized carbons (Fsp3) is 0.360. The molecule has 2 atom stereocenters. The standard InChI is InChI=1S/C25H27N3O4S/c29-24-13-10-18-15-20(11-12-22(18)26-24)33(31,32)28-14-4-7-19(16-28)25(30)27-23-9-3-6-17-5-1-2-8-21(17)23/h1-2,5,8,10-13,15,19,23H,3-4,6-7,9,14,16H2,(H,26,29)(H,27,30)/t19-,23+/m1/s1. The van der Waals surface area contributed by atoms with E-state index < -0.39 is 10.0 Å². The number of pyridine rings is 1. The van der Waals surface area contributed by atoms with Crippen molar-refractivity contribution in [2.45, 2.75) is 43.0 Å². The molecule has 1 fully saturated rings. The summed E-state index contributed by atoms with van der Waals surface area (Å²) in [6, 6.07) is 15.9. The van der Waals surface area contributed by atoms with Crippen LogP contribution in [0.5, 0.6) is 0 Å². The topological polar surface area (TPSA) is 99.3 Å². The molecule has 1 aromatic heterocycles. The number of rotatable bonds is 4. The third-order valence-corrected chi connectivity index (χ3v) is 8.63. The van der Waals surface area contributed by atoms with Gasteiger partial charge in [0, 0.05) is 24.7 Å². The number of nitrogens with zero attached hydrogens (tertiary/aromatic N) is 1. The summed E-state index contributed by atoms with van der Waals surface area (Å²) >= 11 is 0. The molecule has 3 aromatic rings. The molecular weight excluding hydrogens is 438 g/mol. The van der Waals surface area contributed by atoms with Crippen molar-refractivity contribution in [2.24, 2.45) is 5.92 Å².